The fourth-order valence-electron chi connectivity index (χ4n) is 2.02. The molecule has 0 fully saturated rings. The third-order valence-electron chi connectivity index (χ3n) is 2.79. The molecule has 1 N–H and O–H groups in total. The van der Waals surface area contributed by atoms with E-state index >= 15 is 0 Å². The molecular formula is C15H18ClNO2. The third-order valence-corrected chi connectivity index (χ3v) is 2.99. The fourth-order valence-corrected chi connectivity index (χ4v) is 2.17. The van der Waals surface area contributed by atoms with Gasteiger partial charge < -0.3 is 14.5 Å². The molecule has 0 aliphatic rings. The maximum atomic E-state index is 5.85. The van der Waals surface area contributed by atoms with Crippen LogP contribution in [0.5, 0.6) is 5.75 Å². The normalized spacial score (nSPS) is 12.4. The molecule has 0 amide bonds. The van der Waals surface area contributed by atoms with Crippen LogP contribution in [0.2, 0.25) is 5.22 Å². The van der Waals surface area contributed by atoms with E-state index in [1.54, 1.807) is 6.07 Å². The van der Waals surface area contributed by atoms with Crippen LogP contribution in [-0.4, -0.2) is 13.2 Å². The molecule has 1 atom stereocenters. The van der Waals surface area contributed by atoms with Crippen LogP contribution in [0.25, 0.3) is 0 Å². The average Bonchev–Trinajstić information content (AvgIpc) is 2.83. The van der Waals surface area contributed by atoms with Gasteiger partial charge in [-0.3, -0.25) is 0 Å². The van der Waals surface area contributed by atoms with E-state index < -0.39 is 0 Å². The van der Waals surface area contributed by atoms with Crippen molar-refractivity contribution in [2.75, 3.05) is 13.2 Å². The zero-order valence-electron chi connectivity index (χ0n) is 11.2. The molecule has 0 saturated heterocycles. The standard InChI is InChI=1S/C15H18ClNO2/c1-3-17-15(13-8-9-14(16)19-13)11-6-5-7-12(10-11)18-4-2/h5-10,15,17H,3-4H2,1-2H3. The van der Waals surface area contributed by atoms with Crippen molar-refractivity contribution in [3.63, 3.8) is 0 Å². The Kier molecular flexibility index (Phi) is 4.88. The minimum Gasteiger partial charge on any atom is -0.494 e. The number of benzene rings is 1. The van der Waals surface area contributed by atoms with Crippen molar-refractivity contribution in [2.45, 2.75) is 19.9 Å². The minimum absolute atomic E-state index is 0.0158. The first-order valence-electron chi connectivity index (χ1n) is 6.46. The Labute approximate surface area is 118 Å². The molecule has 2 rings (SSSR count). The molecule has 2 aromatic rings. The largest absolute Gasteiger partial charge is 0.494 e. The summed E-state index contributed by atoms with van der Waals surface area (Å²) in [4.78, 5) is 0. The zero-order chi connectivity index (χ0) is 13.7. The average molecular weight is 280 g/mol. The highest BCUT2D eigenvalue weighted by Crippen LogP contribution is 2.28. The van der Waals surface area contributed by atoms with E-state index in [0.717, 1.165) is 23.6 Å². The quantitative estimate of drug-likeness (QED) is 0.867. The molecule has 0 radical (unpaired) electrons. The Morgan fingerprint density at radius 3 is 2.74 bits per heavy atom. The van der Waals surface area contributed by atoms with Crippen LogP contribution < -0.4 is 10.1 Å². The van der Waals surface area contributed by atoms with Gasteiger partial charge in [0.05, 0.1) is 12.6 Å². The number of rotatable bonds is 6. The van der Waals surface area contributed by atoms with Gasteiger partial charge in [0.15, 0.2) is 5.22 Å². The second-order valence-electron chi connectivity index (χ2n) is 4.14. The summed E-state index contributed by atoms with van der Waals surface area (Å²) >= 11 is 5.85. The van der Waals surface area contributed by atoms with Gasteiger partial charge in [-0.05, 0) is 54.9 Å². The second-order valence-corrected chi connectivity index (χ2v) is 4.51. The molecule has 0 aliphatic carbocycles. The van der Waals surface area contributed by atoms with Crippen LogP contribution in [0.1, 0.15) is 31.2 Å². The summed E-state index contributed by atoms with van der Waals surface area (Å²) in [5, 5.41) is 3.79. The van der Waals surface area contributed by atoms with Crippen molar-refractivity contribution < 1.29 is 9.15 Å². The van der Waals surface area contributed by atoms with Gasteiger partial charge in [0.25, 0.3) is 0 Å². The summed E-state index contributed by atoms with van der Waals surface area (Å²) in [6.07, 6.45) is 0. The minimum atomic E-state index is -0.0158. The van der Waals surface area contributed by atoms with E-state index in [0.29, 0.717) is 11.8 Å². The van der Waals surface area contributed by atoms with Gasteiger partial charge >= 0.3 is 0 Å². The van der Waals surface area contributed by atoms with Crippen LogP contribution in [-0.2, 0) is 0 Å². The van der Waals surface area contributed by atoms with Gasteiger partial charge in [0, 0.05) is 0 Å². The number of halogens is 1. The Morgan fingerprint density at radius 1 is 1.26 bits per heavy atom. The smallest absolute Gasteiger partial charge is 0.193 e. The molecule has 0 bridgehead atoms. The van der Waals surface area contributed by atoms with Gasteiger partial charge in [0.1, 0.15) is 11.5 Å². The Balaban J connectivity index is 2.30. The van der Waals surface area contributed by atoms with Crippen molar-refractivity contribution in [3.8, 4) is 5.75 Å². The van der Waals surface area contributed by atoms with Crippen molar-refractivity contribution in [3.05, 3.63) is 52.9 Å². The molecule has 0 spiro atoms. The number of hydrogen-bond donors (Lipinski definition) is 1. The van der Waals surface area contributed by atoms with Gasteiger partial charge in [-0.2, -0.15) is 0 Å². The van der Waals surface area contributed by atoms with Crippen molar-refractivity contribution in [1.82, 2.24) is 5.32 Å². The van der Waals surface area contributed by atoms with Crippen LogP contribution >= 0.6 is 11.6 Å². The van der Waals surface area contributed by atoms with E-state index in [1.165, 1.54) is 0 Å². The first-order chi connectivity index (χ1) is 9.24. The molecular weight excluding hydrogens is 262 g/mol. The van der Waals surface area contributed by atoms with Crippen LogP contribution in [0.4, 0.5) is 0 Å². The molecule has 1 aromatic heterocycles. The van der Waals surface area contributed by atoms with Gasteiger partial charge in [0.2, 0.25) is 0 Å². The maximum absolute atomic E-state index is 5.85. The third kappa shape index (κ3) is 3.52. The van der Waals surface area contributed by atoms with E-state index in [9.17, 15) is 0 Å². The topological polar surface area (TPSA) is 34.4 Å². The summed E-state index contributed by atoms with van der Waals surface area (Å²) in [6.45, 7) is 5.52. The zero-order valence-corrected chi connectivity index (χ0v) is 11.9. The number of ether oxygens (including phenoxy) is 1. The summed E-state index contributed by atoms with van der Waals surface area (Å²) < 4.78 is 11.0. The lowest BCUT2D eigenvalue weighted by molar-refractivity contribution is 0.339. The molecule has 0 saturated carbocycles. The summed E-state index contributed by atoms with van der Waals surface area (Å²) in [6, 6.07) is 11.6. The Morgan fingerprint density at radius 2 is 2.11 bits per heavy atom. The lowest BCUT2D eigenvalue weighted by Gasteiger charge is -2.17. The molecule has 1 aromatic carbocycles. The highest BCUT2D eigenvalue weighted by molar-refractivity contribution is 6.28. The summed E-state index contributed by atoms with van der Waals surface area (Å²) in [5.41, 5.74) is 1.10. The van der Waals surface area contributed by atoms with Crippen molar-refractivity contribution in [1.29, 1.82) is 0 Å². The SMILES string of the molecule is CCNC(c1cccc(OCC)c1)c1ccc(Cl)o1. The Bertz CT molecular complexity index is 524. The monoisotopic (exact) mass is 279 g/mol. The predicted molar refractivity (Wildman–Crippen MR) is 76.8 cm³/mol. The van der Waals surface area contributed by atoms with E-state index in [2.05, 4.69) is 12.2 Å². The van der Waals surface area contributed by atoms with E-state index in [4.69, 9.17) is 20.8 Å². The molecule has 3 nitrogen and oxygen atoms in total. The lowest BCUT2D eigenvalue weighted by Crippen LogP contribution is -2.21. The maximum Gasteiger partial charge on any atom is 0.193 e. The first kappa shape index (κ1) is 14.0. The second kappa shape index (κ2) is 6.64. The molecule has 1 heterocycles. The Hall–Kier alpha value is -1.45. The fraction of sp³-hybridized carbons (Fsp3) is 0.333. The highest BCUT2D eigenvalue weighted by Gasteiger charge is 2.17. The molecule has 1 unspecified atom stereocenters. The van der Waals surface area contributed by atoms with Gasteiger partial charge in [-0.15, -0.1) is 0 Å². The van der Waals surface area contributed by atoms with Crippen LogP contribution in [0, 0.1) is 0 Å². The van der Waals surface area contributed by atoms with Crippen LogP contribution in [0.3, 0.4) is 0 Å². The number of hydrogen-bond acceptors (Lipinski definition) is 3. The van der Waals surface area contributed by atoms with E-state index in [1.807, 2.05) is 37.3 Å². The first-order valence-corrected chi connectivity index (χ1v) is 6.83. The van der Waals surface area contributed by atoms with Gasteiger partial charge in [-0.25, -0.2) is 0 Å². The number of furan rings is 1. The molecule has 0 aliphatic heterocycles. The van der Waals surface area contributed by atoms with Crippen molar-refractivity contribution in [2.24, 2.45) is 0 Å². The molecule has 102 valence electrons. The molecule has 19 heavy (non-hydrogen) atoms. The van der Waals surface area contributed by atoms with E-state index in [-0.39, 0.29) is 6.04 Å². The van der Waals surface area contributed by atoms with Gasteiger partial charge in [-0.1, -0.05) is 19.1 Å². The van der Waals surface area contributed by atoms with Crippen LogP contribution in [0.15, 0.2) is 40.8 Å². The molecule has 4 heteroatoms. The summed E-state index contributed by atoms with van der Waals surface area (Å²) in [5.74, 6) is 1.67. The predicted octanol–water partition coefficient (Wildman–Crippen LogP) is 4.03. The van der Waals surface area contributed by atoms with Crippen molar-refractivity contribution >= 4 is 11.6 Å². The lowest BCUT2D eigenvalue weighted by atomic mass is 10.0. The summed E-state index contributed by atoms with van der Waals surface area (Å²) in [7, 11) is 0. The highest BCUT2D eigenvalue weighted by atomic mass is 35.5. The number of nitrogens with one attached hydrogen (secondary N) is 1.